The molecule has 1 heterocycles. The maximum Gasteiger partial charge on any atom is 0.0990 e. The lowest BCUT2D eigenvalue weighted by molar-refractivity contribution is 0.0150. The van der Waals surface area contributed by atoms with Crippen molar-refractivity contribution < 1.29 is 9.84 Å². The number of halogens is 1. The van der Waals surface area contributed by atoms with Gasteiger partial charge in [-0.3, -0.25) is 0 Å². The van der Waals surface area contributed by atoms with Crippen LogP contribution in [0.5, 0.6) is 0 Å². The molecule has 1 fully saturated rings. The Hall–Kier alpha value is 0.510. The van der Waals surface area contributed by atoms with Gasteiger partial charge < -0.3 is 9.84 Å². The van der Waals surface area contributed by atoms with Crippen LogP contribution >= 0.6 is 18.5 Å². The standard InChI is InChI=1S/C10H20ClO2P/c1-7-9(11)10(12)8(13-7)5-6-14(2,3)4/h7-10,12H,2,5-6H2,1,3-4H3/t7-,8?,9-,10+/m0/s1. The molecular weight excluding hydrogens is 219 g/mol. The van der Waals surface area contributed by atoms with Gasteiger partial charge in [0.2, 0.25) is 0 Å². The van der Waals surface area contributed by atoms with E-state index in [1.54, 1.807) is 0 Å². The normalized spacial score (nSPS) is 38.9. The monoisotopic (exact) mass is 238 g/mol. The first-order valence-corrected chi connectivity index (χ1v) is 8.45. The van der Waals surface area contributed by atoms with Crippen molar-refractivity contribution in [3.63, 3.8) is 0 Å². The fraction of sp³-hybridized carbons (Fsp3) is 0.900. The van der Waals surface area contributed by atoms with E-state index in [0.29, 0.717) is 0 Å². The van der Waals surface area contributed by atoms with Crippen LogP contribution in [0.3, 0.4) is 0 Å². The van der Waals surface area contributed by atoms with Gasteiger partial charge in [-0.05, 0) is 32.8 Å². The zero-order valence-corrected chi connectivity index (χ0v) is 10.8. The second-order valence-corrected chi connectivity index (χ2v) is 9.59. The second kappa shape index (κ2) is 4.57. The molecule has 1 aliphatic heterocycles. The molecule has 4 heteroatoms. The minimum absolute atomic E-state index is 0.0390. The van der Waals surface area contributed by atoms with E-state index in [-0.39, 0.29) is 17.6 Å². The van der Waals surface area contributed by atoms with Gasteiger partial charge in [0.25, 0.3) is 0 Å². The molecule has 4 atom stereocenters. The highest BCUT2D eigenvalue weighted by Gasteiger charge is 2.39. The quantitative estimate of drug-likeness (QED) is 0.601. The van der Waals surface area contributed by atoms with Gasteiger partial charge in [0.05, 0.1) is 23.7 Å². The van der Waals surface area contributed by atoms with Crippen molar-refractivity contribution in [3.05, 3.63) is 0 Å². The molecular formula is C10H20ClO2P. The average molecular weight is 239 g/mol. The van der Waals surface area contributed by atoms with Gasteiger partial charge in [0.1, 0.15) is 0 Å². The van der Waals surface area contributed by atoms with Crippen molar-refractivity contribution in [2.24, 2.45) is 0 Å². The molecule has 0 aromatic rings. The third kappa shape index (κ3) is 3.27. The fourth-order valence-electron chi connectivity index (χ4n) is 1.63. The van der Waals surface area contributed by atoms with E-state index in [1.807, 2.05) is 6.92 Å². The molecule has 0 spiro atoms. The molecule has 0 saturated carbocycles. The van der Waals surface area contributed by atoms with E-state index < -0.39 is 13.0 Å². The number of rotatable bonds is 3. The number of alkyl halides is 1. The molecule has 0 amide bonds. The Labute approximate surface area is 91.6 Å². The van der Waals surface area contributed by atoms with Crippen LogP contribution in [0.2, 0.25) is 0 Å². The summed E-state index contributed by atoms with van der Waals surface area (Å²) in [5.41, 5.74) is 0. The molecule has 1 rings (SSSR count). The third-order valence-electron chi connectivity index (χ3n) is 2.56. The van der Waals surface area contributed by atoms with Crippen molar-refractivity contribution in [2.45, 2.75) is 37.0 Å². The largest absolute Gasteiger partial charge is 0.389 e. The van der Waals surface area contributed by atoms with E-state index in [0.717, 1.165) is 12.6 Å². The summed E-state index contributed by atoms with van der Waals surface area (Å²) in [5, 5.41) is 9.50. The van der Waals surface area contributed by atoms with Crippen molar-refractivity contribution >= 4 is 24.8 Å². The maximum atomic E-state index is 9.76. The SMILES string of the molecule is C=P(C)(C)CCC1O[C@@H](C)[C@H](Cl)[C@@H]1O. The first-order chi connectivity index (χ1) is 6.31. The van der Waals surface area contributed by atoms with Gasteiger partial charge in [0, 0.05) is 0 Å². The summed E-state index contributed by atoms with van der Waals surface area (Å²) in [7, 11) is 0. The van der Waals surface area contributed by atoms with Crippen LogP contribution in [0.15, 0.2) is 0 Å². The summed E-state index contributed by atoms with van der Waals surface area (Å²) in [6.07, 6.45) is 5.41. The topological polar surface area (TPSA) is 29.5 Å². The average Bonchev–Trinajstić information content (AvgIpc) is 2.28. The molecule has 0 bridgehead atoms. The lowest BCUT2D eigenvalue weighted by atomic mass is 10.1. The number of hydrogen-bond acceptors (Lipinski definition) is 2. The molecule has 0 aromatic carbocycles. The van der Waals surface area contributed by atoms with Gasteiger partial charge in [-0.25, -0.2) is 0 Å². The van der Waals surface area contributed by atoms with Crippen LogP contribution in [-0.2, 0) is 4.74 Å². The van der Waals surface area contributed by atoms with Crippen LogP contribution in [0, 0.1) is 0 Å². The zero-order chi connectivity index (χ0) is 10.9. The van der Waals surface area contributed by atoms with E-state index in [9.17, 15) is 5.11 Å². The van der Waals surface area contributed by atoms with Crippen molar-refractivity contribution in [1.29, 1.82) is 0 Å². The van der Waals surface area contributed by atoms with Gasteiger partial charge in [0.15, 0.2) is 0 Å². The van der Waals surface area contributed by atoms with Gasteiger partial charge in [-0.2, -0.15) is 0 Å². The van der Waals surface area contributed by atoms with E-state index in [1.165, 1.54) is 0 Å². The lowest BCUT2D eigenvalue weighted by Crippen LogP contribution is -2.28. The van der Waals surface area contributed by atoms with Crippen LogP contribution in [0.25, 0.3) is 0 Å². The number of ether oxygens (including phenoxy) is 1. The number of aliphatic hydroxyl groups is 1. The molecule has 0 aliphatic carbocycles. The summed E-state index contributed by atoms with van der Waals surface area (Å²) in [6.45, 7) is 5.27. The highest BCUT2D eigenvalue weighted by Crippen LogP contribution is 2.38. The Kier molecular flexibility index (Phi) is 4.11. The van der Waals surface area contributed by atoms with Crippen LogP contribution in [0.4, 0.5) is 0 Å². The summed E-state index contributed by atoms with van der Waals surface area (Å²) in [6, 6.07) is 0. The second-order valence-electron chi connectivity index (χ2n) is 4.76. The molecule has 1 unspecified atom stereocenters. The number of hydrogen-bond donors (Lipinski definition) is 1. The van der Waals surface area contributed by atoms with Crippen LogP contribution < -0.4 is 0 Å². The van der Waals surface area contributed by atoms with Gasteiger partial charge in [-0.1, -0.05) is 0 Å². The maximum absolute atomic E-state index is 9.76. The lowest BCUT2D eigenvalue weighted by Gasteiger charge is -2.18. The minimum Gasteiger partial charge on any atom is -0.389 e. The van der Waals surface area contributed by atoms with Crippen molar-refractivity contribution in [3.8, 4) is 0 Å². The molecule has 2 nitrogen and oxygen atoms in total. The predicted octanol–water partition coefficient (Wildman–Crippen LogP) is 1.84. The van der Waals surface area contributed by atoms with E-state index >= 15 is 0 Å². The molecule has 1 N–H and O–H groups in total. The molecule has 0 aromatic heterocycles. The van der Waals surface area contributed by atoms with Crippen molar-refractivity contribution in [2.75, 3.05) is 19.5 Å². The first-order valence-electron chi connectivity index (χ1n) is 4.96. The van der Waals surface area contributed by atoms with Crippen LogP contribution in [-0.4, -0.2) is 54.6 Å². The molecule has 14 heavy (non-hydrogen) atoms. The minimum atomic E-state index is -1.02. The fourth-order valence-corrected chi connectivity index (χ4v) is 2.80. The highest BCUT2D eigenvalue weighted by atomic mass is 35.5. The zero-order valence-electron chi connectivity index (χ0n) is 9.11. The highest BCUT2D eigenvalue weighted by molar-refractivity contribution is 7.72. The van der Waals surface area contributed by atoms with Gasteiger partial charge >= 0.3 is 0 Å². The Morgan fingerprint density at radius 3 is 2.43 bits per heavy atom. The Bertz CT molecular complexity index is 238. The van der Waals surface area contributed by atoms with Crippen LogP contribution in [0.1, 0.15) is 13.3 Å². The predicted molar refractivity (Wildman–Crippen MR) is 65.4 cm³/mol. The Morgan fingerprint density at radius 1 is 1.50 bits per heavy atom. The smallest absolute Gasteiger partial charge is 0.0990 e. The van der Waals surface area contributed by atoms with E-state index in [4.69, 9.17) is 16.3 Å². The Balaban J connectivity index is 2.44. The Morgan fingerprint density at radius 2 is 2.07 bits per heavy atom. The molecule has 0 radical (unpaired) electrons. The first kappa shape index (κ1) is 12.6. The third-order valence-corrected chi connectivity index (χ3v) is 4.65. The molecule has 1 saturated heterocycles. The molecule has 84 valence electrons. The van der Waals surface area contributed by atoms with Crippen molar-refractivity contribution in [1.82, 2.24) is 0 Å². The van der Waals surface area contributed by atoms with Gasteiger partial charge in [-0.15, -0.1) is 24.8 Å². The number of aliphatic hydroxyl groups excluding tert-OH is 1. The summed E-state index contributed by atoms with van der Waals surface area (Å²) >= 11 is 5.98. The molecule has 1 aliphatic rings. The van der Waals surface area contributed by atoms with E-state index in [2.05, 4.69) is 19.6 Å². The summed E-state index contributed by atoms with van der Waals surface area (Å²) < 4.78 is 5.59. The summed E-state index contributed by atoms with van der Waals surface area (Å²) in [5.74, 6) is 0. The summed E-state index contributed by atoms with van der Waals surface area (Å²) in [4.78, 5) is 0.